The molecule has 0 amide bonds. The van der Waals surface area contributed by atoms with Crippen molar-refractivity contribution in [3.8, 4) is 0 Å². The average Bonchev–Trinajstić information content (AvgIpc) is 3.14. The molecule has 0 bridgehead atoms. The number of ether oxygens (including phenoxy) is 1. The molecule has 2 N–H and O–H groups in total. The highest BCUT2D eigenvalue weighted by Gasteiger charge is 2.16. The largest absolute Gasteiger partial charge is 0.378 e. The molecular weight excluding hydrogens is 429 g/mol. The molecule has 7 heteroatoms. The molecule has 2 aliphatic rings. The van der Waals surface area contributed by atoms with E-state index in [1.165, 1.54) is 0 Å². The third-order valence-corrected chi connectivity index (χ3v) is 4.28. The number of morpholine rings is 1. The summed E-state index contributed by atoms with van der Waals surface area (Å²) in [5, 5.41) is 6.84. The second kappa shape index (κ2) is 10.6. The number of hydrogen-bond acceptors (Lipinski definition) is 4. The second-order valence-corrected chi connectivity index (χ2v) is 6.06. The minimum atomic E-state index is 0. The summed E-state index contributed by atoms with van der Waals surface area (Å²) in [6.07, 6.45) is 8.43. The van der Waals surface area contributed by atoms with Gasteiger partial charge in [-0.15, -0.1) is 24.0 Å². The van der Waals surface area contributed by atoms with Gasteiger partial charge in [0.25, 0.3) is 0 Å². The van der Waals surface area contributed by atoms with Crippen molar-refractivity contribution in [3.05, 3.63) is 36.0 Å². The SMILES string of the molecule is CCNC(=NCc1cccnc1N1CCOCC1)NC1CC=CC1.I. The molecule has 0 radical (unpaired) electrons. The van der Waals surface area contributed by atoms with Gasteiger partial charge in [-0.05, 0) is 25.8 Å². The summed E-state index contributed by atoms with van der Waals surface area (Å²) in [5.74, 6) is 1.91. The molecule has 1 fully saturated rings. The highest BCUT2D eigenvalue weighted by atomic mass is 127. The standard InChI is InChI=1S/C18H27N5O.HI/c1-2-19-18(22-16-7-3-4-8-16)21-14-15-6-5-9-20-17(15)23-10-12-24-13-11-23;/h3-6,9,16H,2,7-8,10-14H2,1H3,(H2,19,21,22);1H. The topological polar surface area (TPSA) is 61.8 Å². The lowest BCUT2D eigenvalue weighted by Crippen LogP contribution is -2.42. The quantitative estimate of drug-likeness (QED) is 0.308. The van der Waals surface area contributed by atoms with Gasteiger partial charge in [-0.25, -0.2) is 9.98 Å². The summed E-state index contributed by atoms with van der Waals surface area (Å²) in [6, 6.07) is 4.55. The van der Waals surface area contributed by atoms with Crippen LogP contribution >= 0.6 is 24.0 Å². The van der Waals surface area contributed by atoms with Gasteiger partial charge in [-0.1, -0.05) is 18.2 Å². The minimum absolute atomic E-state index is 0. The van der Waals surface area contributed by atoms with E-state index in [0.717, 1.165) is 63.0 Å². The van der Waals surface area contributed by atoms with Gasteiger partial charge < -0.3 is 20.3 Å². The molecule has 1 aromatic heterocycles. The van der Waals surface area contributed by atoms with Crippen LogP contribution in [-0.4, -0.2) is 49.8 Å². The van der Waals surface area contributed by atoms with Crippen LogP contribution < -0.4 is 15.5 Å². The van der Waals surface area contributed by atoms with Gasteiger partial charge in [0.15, 0.2) is 5.96 Å². The van der Waals surface area contributed by atoms with Crippen LogP contribution in [0.3, 0.4) is 0 Å². The fourth-order valence-corrected chi connectivity index (χ4v) is 3.03. The first kappa shape index (κ1) is 20.0. The molecule has 0 unspecified atom stereocenters. The Kier molecular flexibility index (Phi) is 8.47. The number of aromatic nitrogens is 1. The zero-order valence-electron chi connectivity index (χ0n) is 14.8. The first-order chi connectivity index (χ1) is 11.9. The number of hydrogen-bond donors (Lipinski definition) is 2. The third kappa shape index (κ3) is 5.85. The molecule has 3 rings (SSSR count). The molecule has 1 saturated heterocycles. The molecule has 6 nitrogen and oxygen atoms in total. The van der Waals surface area contributed by atoms with Gasteiger partial charge in [0, 0.05) is 37.4 Å². The third-order valence-electron chi connectivity index (χ3n) is 4.28. The van der Waals surface area contributed by atoms with Crippen molar-refractivity contribution >= 4 is 35.8 Å². The summed E-state index contributed by atoms with van der Waals surface area (Å²) in [4.78, 5) is 11.6. The van der Waals surface area contributed by atoms with Gasteiger partial charge in [0.2, 0.25) is 0 Å². The number of halogens is 1. The molecule has 1 aromatic rings. The minimum Gasteiger partial charge on any atom is -0.378 e. The molecule has 0 aromatic carbocycles. The molecule has 25 heavy (non-hydrogen) atoms. The number of pyridine rings is 1. The van der Waals surface area contributed by atoms with Crippen LogP contribution in [-0.2, 0) is 11.3 Å². The smallest absolute Gasteiger partial charge is 0.191 e. The zero-order valence-corrected chi connectivity index (χ0v) is 17.1. The molecule has 0 spiro atoms. The Bertz CT molecular complexity index is 579. The Balaban J connectivity index is 0.00000225. The van der Waals surface area contributed by atoms with Crippen LogP contribution in [0.15, 0.2) is 35.5 Å². The lowest BCUT2D eigenvalue weighted by atomic mass is 10.2. The lowest BCUT2D eigenvalue weighted by Gasteiger charge is -2.29. The summed E-state index contributed by atoms with van der Waals surface area (Å²) in [6.45, 7) is 6.87. The van der Waals surface area contributed by atoms with Gasteiger partial charge in [-0.3, -0.25) is 0 Å². The van der Waals surface area contributed by atoms with E-state index >= 15 is 0 Å². The van der Waals surface area contributed by atoms with Crippen molar-refractivity contribution in [2.75, 3.05) is 37.7 Å². The predicted molar refractivity (Wildman–Crippen MR) is 113 cm³/mol. The molecule has 1 aliphatic carbocycles. The van der Waals surface area contributed by atoms with Crippen LogP contribution in [0, 0.1) is 0 Å². The molecular formula is C18H28IN5O. The maximum absolute atomic E-state index is 5.44. The van der Waals surface area contributed by atoms with E-state index < -0.39 is 0 Å². The molecule has 0 saturated carbocycles. The fourth-order valence-electron chi connectivity index (χ4n) is 3.03. The van der Waals surface area contributed by atoms with Crippen molar-refractivity contribution in [1.82, 2.24) is 15.6 Å². The average molecular weight is 457 g/mol. The van der Waals surface area contributed by atoms with Crippen LogP contribution in [0.1, 0.15) is 25.3 Å². The lowest BCUT2D eigenvalue weighted by molar-refractivity contribution is 0.122. The van der Waals surface area contributed by atoms with E-state index in [2.05, 4.69) is 45.7 Å². The number of rotatable bonds is 5. The first-order valence-electron chi connectivity index (χ1n) is 8.83. The highest BCUT2D eigenvalue weighted by Crippen LogP contribution is 2.19. The van der Waals surface area contributed by atoms with Crippen molar-refractivity contribution in [2.24, 2.45) is 4.99 Å². The predicted octanol–water partition coefficient (Wildman–Crippen LogP) is 2.31. The van der Waals surface area contributed by atoms with Gasteiger partial charge in [-0.2, -0.15) is 0 Å². The van der Waals surface area contributed by atoms with Crippen molar-refractivity contribution in [2.45, 2.75) is 32.4 Å². The summed E-state index contributed by atoms with van der Waals surface area (Å²) in [5.41, 5.74) is 1.15. The molecule has 0 atom stereocenters. The Morgan fingerprint density at radius 3 is 2.80 bits per heavy atom. The number of anilines is 1. The van der Waals surface area contributed by atoms with Gasteiger partial charge >= 0.3 is 0 Å². The van der Waals surface area contributed by atoms with Crippen LogP contribution in [0.25, 0.3) is 0 Å². The van der Waals surface area contributed by atoms with E-state index in [-0.39, 0.29) is 24.0 Å². The normalized spacial score (nSPS) is 18.1. The van der Waals surface area contributed by atoms with Crippen molar-refractivity contribution < 1.29 is 4.74 Å². The molecule has 1 aliphatic heterocycles. The van der Waals surface area contributed by atoms with E-state index in [1.54, 1.807) is 0 Å². The maximum atomic E-state index is 5.44. The summed E-state index contributed by atoms with van der Waals surface area (Å²) in [7, 11) is 0. The number of nitrogens with one attached hydrogen (secondary N) is 2. The Hall–Kier alpha value is -1.35. The molecule has 138 valence electrons. The number of nitrogens with zero attached hydrogens (tertiary/aromatic N) is 3. The van der Waals surface area contributed by atoms with Gasteiger partial charge in [0.05, 0.1) is 19.8 Å². The Labute approximate surface area is 167 Å². The summed E-state index contributed by atoms with van der Waals surface area (Å²) >= 11 is 0. The van der Waals surface area contributed by atoms with E-state index in [0.29, 0.717) is 12.6 Å². The van der Waals surface area contributed by atoms with E-state index in [1.807, 2.05) is 12.3 Å². The zero-order chi connectivity index (χ0) is 16.6. The number of guanidine groups is 1. The van der Waals surface area contributed by atoms with Crippen molar-refractivity contribution in [3.63, 3.8) is 0 Å². The Morgan fingerprint density at radius 1 is 1.32 bits per heavy atom. The summed E-state index contributed by atoms with van der Waals surface area (Å²) < 4.78 is 5.44. The van der Waals surface area contributed by atoms with Crippen LogP contribution in [0.4, 0.5) is 5.82 Å². The van der Waals surface area contributed by atoms with E-state index in [4.69, 9.17) is 9.73 Å². The fraction of sp³-hybridized carbons (Fsp3) is 0.556. The maximum Gasteiger partial charge on any atom is 0.191 e. The van der Waals surface area contributed by atoms with Crippen molar-refractivity contribution in [1.29, 1.82) is 0 Å². The molecule has 2 heterocycles. The number of aliphatic imine (C=N–C) groups is 1. The van der Waals surface area contributed by atoms with Crippen LogP contribution in [0.5, 0.6) is 0 Å². The highest BCUT2D eigenvalue weighted by molar-refractivity contribution is 14.0. The monoisotopic (exact) mass is 457 g/mol. The second-order valence-electron chi connectivity index (χ2n) is 6.06. The van der Waals surface area contributed by atoms with E-state index in [9.17, 15) is 0 Å². The first-order valence-corrected chi connectivity index (χ1v) is 8.83. The van der Waals surface area contributed by atoms with Crippen LogP contribution in [0.2, 0.25) is 0 Å². The van der Waals surface area contributed by atoms with Gasteiger partial charge in [0.1, 0.15) is 5.82 Å². The Morgan fingerprint density at radius 2 is 2.08 bits per heavy atom.